The lowest BCUT2D eigenvalue weighted by Gasteiger charge is -2.37. The number of ether oxygens (including phenoxy) is 1. The van der Waals surface area contributed by atoms with Gasteiger partial charge in [0.2, 0.25) is 0 Å². The number of benzene rings is 1. The second-order valence-corrected chi connectivity index (χ2v) is 7.43. The van der Waals surface area contributed by atoms with Crippen molar-refractivity contribution >= 4 is 10.9 Å². The number of hydrogen-bond donors (Lipinski definition) is 2. The Bertz CT molecular complexity index is 672. The molecule has 2 aromatic rings. The van der Waals surface area contributed by atoms with Crippen molar-refractivity contribution in [3.63, 3.8) is 0 Å². The van der Waals surface area contributed by atoms with Crippen molar-refractivity contribution in [2.45, 2.75) is 37.8 Å². The number of H-pyrrole nitrogens is 1. The number of nitrogens with one attached hydrogen (secondary N) is 1. The lowest BCUT2D eigenvalue weighted by Crippen LogP contribution is -2.46. The van der Waals surface area contributed by atoms with Crippen molar-refractivity contribution in [1.82, 2.24) is 14.8 Å². The van der Waals surface area contributed by atoms with Crippen LogP contribution in [0.2, 0.25) is 0 Å². The van der Waals surface area contributed by atoms with Gasteiger partial charge in [-0.25, -0.2) is 0 Å². The predicted molar refractivity (Wildman–Crippen MR) is 100 cm³/mol. The zero-order valence-corrected chi connectivity index (χ0v) is 14.9. The van der Waals surface area contributed by atoms with E-state index in [4.69, 9.17) is 4.74 Å². The van der Waals surface area contributed by atoms with Gasteiger partial charge in [-0.05, 0) is 70.1 Å². The summed E-state index contributed by atoms with van der Waals surface area (Å²) in [6.07, 6.45) is 6.66. The SMILES string of the molecule is OC(COc1cccc2[nH]ccc12)CN1CCC(N2CCCC2)CC1. The maximum atomic E-state index is 10.4. The molecule has 2 saturated heterocycles. The summed E-state index contributed by atoms with van der Waals surface area (Å²) in [5, 5.41) is 11.4. The van der Waals surface area contributed by atoms with Crippen LogP contribution in [-0.2, 0) is 0 Å². The molecular formula is C20H29N3O2. The van der Waals surface area contributed by atoms with E-state index in [0.29, 0.717) is 13.2 Å². The van der Waals surface area contributed by atoms with E-state index in [2.05, 4.69) is 14.8 Å². The van der Waals surface area contributed by atoms with Crippen LogP contribution in [0.4, 0.5) is 0 Å². The second-order valence-electron chi connectivity index (χ2n) is 7.43. The lowest BCUT2D eigenvalue weighted by molar-refractivity contribution is 0.0480. The summed E-state index contributed by atoms with van der Waals surface area (Å²) in [7, 11) is 0. The number of likely N-dealkylation sites (tertiary alicyclic amines) is 2. The van der Waals surface area contributed by atoms with Gasteiger partial charge < -0.3 is 24.6 Å². The molecule has 0 aliphatic carbocycles. The van der Waals surface area contributed by atoms with Crippen LogP contribution in [0.1, 0.15) is 25.7 Å². The minimum Gasteiger partial charge on any atom is -0.490 e. The third kappa shape index (κ3) is 4.00. The first kappa shape index (κ1) is 16.9. The molecule has 4 rings (SSSR count). The van der Waals surface area contributed by atoms with Crippen LogP contribution < -0.4 is 4.74 Å². The van der Waals surface area contributed by atoms with E-state index in [0.717, 1.165) is 35.8 Å². The standard InChI is InChI=1S/C20H29N3O2/c24-17(15-25-20-5-3-4-19-18(20)6-9-21-19)14-22-12-7-16(8-13-22)23-10-1-2-11-23/h3-6,9,16-17,21,24H,1-2,7-8,10-15H2. The highest BCUT2D eigenvalue weighted by Gasteiger charge is 2.27. The number of aromatic amines is 1. The number of piperidine rings is 1. The largest absolute Gasteiger partial charge is 0.490 e. The van der Waals surface area contributed by atoms with E-state index in [9.17, 15) is 5.11 Å². The first-order valence-electron chi connectivity index (χ1n) is 9.63. The Morgan fingerprint density at radius 2 is 1.92 bits per heavy atom. The fourth-order valence-corrected chi connectivity index (χ4v) is 4.29. The molecule has 5 heteroatoms. The molecule has 0 radical (unpaired) electrons. The molecule has 1 aromatic heterocycles. The van der Waals surface area contributed by atoms with Crippen LogP contribution in [0.15, 0.2) is 30.5 Å². The molecule has 0 amide bonds. The predicted octanol–water partition coefficient (Wildman–Crippen LogP) is 2.47. The Hall–Kier alpha value is -1.56. The average molecular weight is 343 g/mol. The summed E-state index contributed by atoms with van der Waals surface area (Å²) < 4.78 is 5.88. The summed E-state index contributed by atoms with van der Waals surface area (Å²) in [4.78, 5) is 8.23. The zero-order valence-electron chi connectivity index (χ0n) is 14.9. The summed E-state index contributed by atoms with van der Waals surface area (Å²) in [5.74, 6) is 0.838. The quantitative estimate of drug-likeness (QED) is 0.846. The van der Waals surface area contributed by atoms with Crippen molar-refractivity contribution in [3.05, 3.63) is 30.5 Å². The summed E-state index contributed by atoms with van der Waals surface area (Å²) in [6.45, 7) is 5.79. The maximum Gasteiger partial charge on any atom is 0.128 e. The second kappa shape index (κ2) is 7.77. The number of aliphatic hydroxyl groups excluding tert-OH is 1. The van der Waals surface area contributed by atoms with Crippen LogP contribution in [0, 0.1) is 0 Å². The number of rotatable bonds is 6. The molecule has 25 heavy (non-hydrogen) atoms. The normalized spacial score (nSPS) is 21.8. The minimum atomic E-state index is -0.447. The van der Waals surface area contributed by atoms with Crippen molar-refractivity contribution in [3.8, 4) is 5.75 Å². The molecule has 2 aliphatic rings. The maximum absolute atomic E-state index is 10.4. The Balaban J connectivity index is 1.23. The summed E-state index contributed by atoms with van der Waals surface area (Å²) >= 11 is 0. The molecule has 136 valence electrons. The van der Waals surface area contributed by atoms with Crippen molar-refractivity contribution in [1.29, 1.82) is 0 Å². The van der Waals surface area contributed by atoms with Gasteiger partial charge in [0.15, 0.2) is 0 Å². The third-order valence-electron chi connectivity index (χ3n) is 5.67. The molecule has 1 aromatic carbocycles. The highest BCUT2D eigenvalue weighted by atomic mass is 16.5. The number of β-amino-alcohol motifs (C(OH)–C–C–N with tert-alkyl or cyclic N) is 1. The molecule has 1 unspecified atom stereocenters. The Labute approximate surface area is 149 Å². The molecule has 0 bridgehead atoms. The summed E-state index contributed by atoms with van der Waals surface area (Å²) in [5.41, 5.74) is 1.07. The minimum absolute atomic E-state index is 0.344. The van der Waals surface area contributed by atoms with Gasteiger partial charge in [-0.2, -0.15) is 0 Å². The van der Waals surface area contributed by atoms with E-state index in [1.807, 2.05) is 30.5 Å². The molecule has 2 N–H and O–H groups in total. The number of aliphatic hydroxyl groups is 1. The third-order valence-corrected chi connectivity index (χ3v) is 5.67. The molecular weight excluding hydrogens is 314 g/mol. The van der Waals surface area contributed by atoms with Gasteiger partial charge in [-0.15, -0.1) is 0 Å². The van der Waals surface area contributed by atoms with Gasteiger partial charge in [-0.3, -0.25) is 0 Å². The topological polar surface area (TPSA) is 51.7 Å². The van der Waals surface area contributed by atoms with Crippen LogP contribution >= 0.6 is 0 Å². The Kier molecular flexibility index (Phi) is 5.25. The van der Waals surface area contributed by atoms with Crippen molar-refractivity contribution in [2.75, 3.05) is 39.3 Å². The van der Waals surface area contributed by atoms with E-state index in [1.54, 1.807) is 0 Å². The van der Waals surface area contributed by atoms with Crippen LogP contribution in [0.5, 0.6) is 5.75 Å². The lowest BCUT2D eigenvalue weighted by atomic mass is 10.0. The van der Waals surface area contributed by atoms with Gasteiger partial charge in [0, 0.05) is 29.7 Å². The van der Waals surface area contributed by atoms with Gasteiger partial charge >= 0.3 is 0 Å². The molecule has 0 saturated carbocycles. The van der Waals surface area contributed by atoms with E-state index in [1.165, 1.54) is 38.8 Å². The molecule has 2 aliphatic heterocycles. The van der Waals surface area contributed by atoms with E-state index < -0.39 is 6.10 Å². The number of hydrogen-bond acceptors (Lipinski definition) is 4. The Morgan fingerprint density at radius 3 is 2.72 bits per heavy atom. The van der Waals surface area contributed by atoms with Crippen molar-refractivity contribution < 1.29 is 9.84 Å². The van der Waals surface area contributed by atoms with E-state index in [-0.39, 0.29) is 0 Å². The molecule has 0 spiro atoms. The average Bonchev–Trinajstić information content (AvgIpc) is 3.32. The zero-order chi connectivity index (χ0) is 17.1. The monoisotopic (exact) mass is 343 g/mol. The first-order valence-corrected chi connectivity index (χ1v) is 9.63. The number of fused-ring (bicyclic) bond motifs is 1. The first-order chi connectivity index (χ1) is 12.3. The molecule has 5 nitrogen and oxygen atoms in total. The van der Waals surface area contributed by atoms with Gasteiger partial charge in [-0.1, -0.05) is 6.07 Å². The molecule has 1 atom stereocenters. The molecule has 3 heterocycles. The van der Waals surface area contributed by atoms with Crippen molar-refractivity contribution in [2.24, 2.45) is 0 Å². The fraction of sp³-hybridized carbons (Fsp3) is 0.600. The smallest absolute Gasteiger partial charge is 0.128 e. The van der Waals surface area contributed by atoms with Crippen LogP contribution in [0.3, 0.4) is 0 Å². The van der Waals surface area contributed by atoms with Crippen LogP contribution in [-0.4, -0.2) is 71.4 Å². The highest BCUT2D eigenvalue weighted by molar-refractivity contribution is 5.85. The Morgan fingerprint density at radius 1 is 1.12 bits per heavy atom. The number of aromatic nitrogens is 1. The number of nitrogens with zero attached hydrogens (tertiary/aromatic N) is 2. The fourth-order valence-electron chi connectivity index (χ4n) is 4.29. The highest BCUT2D eigenvalue weighted by Crippen LogP contribution is 2.25. The van der Waals surface area contributed by atoms with Gasteiger partial charge in [0.25, 0.3) is 0 Å². The summed E-state index contributed by atoms with van der Waals surface area (Å²) in [6, 6.07) is 8.75. The van der Waals surface area contributed by atoms with E-state index >= 15 is 0 Å². The van der Waals surface area contributed by atoms with Gasteiger partial charge in [0.1, 0.15) is 18.5 Å². The van der Waals surface area contributed by atoms with Gasteiger partial charge in [0.05, 0.1) is 0 Å². The molecule has 2 fully saturated rings. The van der Waals surface area contributed by atoms with Crippen LogP contribution in [0.25, 0.3) is 10.9 Å².